The predicted molar refractivity (Wildman–Crippen MR) is 85.7 cm³/mol. The highest BCUT2D eigenvalue weighted by Gasteiger charge is 2.19. The molecule has 1 saturated heterocycles. The van der Waals surface area contributed by atoms with Gasteiger partial charge < -0.3 is 15.3 Å². The molecule has 0 aliphatic carbocycles. The molecule has 2 N–H and O–H groups in total. The van der Waals surface area contributed by atoms with Crippen LogP contribution in [0.3, 0.4) is 0 Å². The summed E-state index contributed by atoms with van der Waals surface area (Å²) in [6, 6.07) is 5.91. The molecule has 4 nitrogen and oxygen atoms in total. The van der Waals surface area contributed by atoms with E-state index in [4.69, 9.17) is 5.11 Å². The van der Waals surface area contributed by atoms with Crippen molar-refractivity contribution in [3.05, 3.63) is 29.3 Å². The van der Waals surface area contributed by atoms with E-state index in [1.165, 1.54) is 0 Å². The van der Waals surface area contributed by atoms with Gasteiger partial charge in [0.15, 0.2) is 0 Å². The van der Waals surface area contributed by atoms with Gasteiger partial charge in [0.25, 0.3) is 5.91 Å². The topological polar surface area (TPSA) is 52.6 Å². The third kappa shape index (κ3) is 4.46. The maximum absolute atomic E-state index is 12.3. The number of nitrogens with zero attached hydrogens (tertiary/aromatic N) is 1. The number of hydrogen-bond acceptors (Lipinski definition) is 3. The van der Waals surface area contributed by atoms with E-state index in [0.29, 0.717) is 0 Å². The van der Waals surface area contributed by atoms with E-state index < -0.39 is 0 Å². The van der Waals surface area contributed by atoms with Crippen LogP contribution in [0, 0.1) is 6.92 Å². The summed E-state index contributed by atoms with van der Waals surface area (Å²) in [5, 5.41) is 12.1. The molecule has 4 heteroatoms. The van der Waals surface area contributed by atoms with Gasteiger partial charge in [0.1, 0.15) is 0 Å². The molecule has 0 spiro atoms. The molecule has 0 atom stereocenters. The van der Waals surface area contributed by atoms with Crippen molar-refractivity contribution in [2.24, 2.45) is 0 Å². The molecule has 1 aliphatic heterocycles. The van der Waals surface area contributed by atoms with Gasteiger partial charge >= 0.3 is 0 Å². The molecule has 1 aliphatic rings. The van der Waals surface area contributed by atoms with Crippen LogP contribution in [0.5, 0.6) is 0 Å². The molecule has 1 aromatic carbocycles. The van der Waals surface area contributed by atoms with Gasteiger partial charge in [-0.1, -0.05) is 0 Å². The van der Waals surface area contributed by atoms with Crippen LogP contribution in [0.2, 0.25) is 0 Å². The lowest BCUT2D eigenvalue weighted by Crippen LogP contribution is -2.27. The second-order valence-electron chi connectivity index (χ2n) is 5.74. The number of anilines is 1. The third-order valence-electron chi connectivity index (χ3n) is 4.02. The Morgan fingerprint density at radius 1 is 1.24 bits per heavy atom. The fourth-order valence-corrected chi connectivity index (χ4v) is 2.73. The summed E-state index contributed by atoms with van der Waals surface area (Å²) in [5.41, 5.74) is 3.00. The average Bonchev–Trinajstić information content (AvgIpc) is 3.02. The first kappa shape index (κ1) is 15.8. The number of rotatable bonds is 7. The number of aliphatic hydroxyl groups is 1. The normalized spacial score (nSPS) is 14.5. The number of amides is 1. The molecule has 0 bridgehead atoms. The van der Waals surface area contributed by atoms with Crippen LogP contribution >= 0.6 is 0 Å². The summed E-state index contributed by atoms with van der Waals surface area (Å²) in [7, 11) is 0. The van der Waals surface area contributed by atoms with Crippen molar-refractivity contribution in [3.63, 3.8) is 0 Å². The molecule has 1 heterocycles. The Morgan fingerprint density at radius 2 is 2.00 bits per heavy atom. The number of aryl methyl sites for hydroxylation is 1. The van der Waals surface area contributed by atoms with Gasteiger partial charge in [0, 0.05) is 37.5 Å². The maximum Gasteiger partial charge on any atom is 0.253 e. The van der Waals surface area contributed by atoms with E-state index in [0.717, 1.165) is 68.6 Å². The maximum atomic E-state index is 12.3. The first-order valence-electron chi connectivity index (χ1n) is 7.97. The first-order chi connectivity index (χ1) is 10.2. The lowest BCUT2D eigenvalue weighted by Gasteiger charge is -2.16. The Hall–Kier alpha value is -1.55. The van der Waals surface area contributed by atoms with E-state index in [-0.39, 0.29) is 12.5 Å². The van der Waals surface area contributed by atoms with Gasteiger partial charge in [-0.15, -0.1) is 0 Å². The van der Waals surface area contributed by atoms with Crippen LogP contribution in [0.1, 0.15) is 48.0 Å². The van der Waals surface area contributed by atoms with Crippen LogP contribution in [0.15, 0.2) is 18.2 Å². The van der Waals surface area contributed by atoms with Crippen LogP contribution < -0.4 is 5.32 Å². The van der Waals surface area contributed by atoms with Gasteiger partial charge in [-0.2, -0.15) is 0 Å². The van der Waals surface area contributed by atoms with Gasteiger partial charge in [-0.05, 0) is 62.8 Å². The Morgan fingerprint density at radius 3 is 2.67 bits per heavy atom. The number of benzene rings is 1. The summed E-state index contributed by atoms with van der Waals surface area (Å²) in [6.45, 7) is 4.99. The monoisotopic (exact) mass is 290 g/mol. The number of carbonyl (C=O) groups excluding carboxylic acids is 1. The molecular weight excluding hydrogens is 264 g/mol. The molecule has 2 rings (SSSR count). The van der Waals surface area contributed by atoms with Crippen molar-refractivity contribution in [2.45, 2.75) is 39.0 Å². The Bertz CT molecular complexity index is 468. The minimum atomic E-state index is 0.157. The van der Waals surface area contributed by atoms with Crippen molar-refractivity contribution >= 4 is 11.6 Å². The molecule has 0 unspecified atom stereocenters. The number of carbonyl (C=O) groups is 1. The highest BCUT2D eigenvalue weighted by atomic mass is 16.2. The summed E-state index contributed by atoms with van der Waals surface area (Å²) in [4.78, 5) is 14.3. The zero-order valence-corrected chi connectivity index (χ0v) is 12.9. The molecule has 0 saturated carbocycles. The molecule has 116 valence electrons. The number of hydrogen-bond donors (Lipinski definition) is 2. The van der Waals surface area contributed by atoms with Crippen LogP contribution in [-0.2, 0) is 0 Å². The van der Waals surface area contributed by atoms with Crippen LogP contribution in [0.4, 0.5) is 5.69 Å². The zero-order chi connectivity index (χ0) is 15.1. The minimum Gasteiger partial charge on any atom is -0.396 e. The second kappa shape index (κ2) is 8.03. The number of aliphatic hydroxyl groups excluding tert-OH is 1. The summed E-state index contributed by atoms with van der Waals surface area (Å²) in [5.74, 6) is 0.157. The fourth-order valence-electron chi connectivity index (χ4n) is 2.73. The number of likely N-dealkylation sites (tertiary alicyclic amines) is 1. The standard InChI is InChI=1S/C17H26N2O2/c1-14-13-15(17(21)19-10-4-5-11-19)7-8-16(14)18-9-3-2-6-12-20/h7-8,13,18,20H,2-6,9-12H2,1H3. The van der Waals surface area contributed by atoms with Crippen molar-refractivity contribution in [3.8, 4) is 0 Å². The van der Waals surface area contributed by atoms with E-state index >= 15 is 0 Å². The molecule has 1 fully saturated rings. The summed E-state index contributed by atoms with van der Waals surface area (Å²) < 4.78 is 0. The smallest absolute Gasteiger partial charge is 0.253 e. The Labute approximate surface area is 127 Å². The van der Waals surface area contributed by atoms with Crippen molar-refractivity contribution in [2.75, 3.05) is 31.6 Å². The number of unbranched alkanes of at least 4 members (excludes halogenated alkanes) is 2. The fraction of sp³-hybridized carbons (Fsp3) is 0.588. The highest BCUT2D eigenvalue weighted by Crippen LogP contribution is 2.19. The zero-order valence-electron chi connectivity index (χ0n) is 12.9. The van der Waals surface area contributed by atoms with Gasteiger partial charge in [-0.3, -0.25) is 4.79 Å². The molecule has 1 aromatic rings. The van der Waals surface area contributed by atoms with E-state index in [2.05, 4.69) is 5.32 Å². The predicted octanol–water partition coefficient (Wildman–Crippen LogP) is 2.81. The van der Waals surface area contributed by atoms with Crippen molar-refractivity contribution in [1.82, 2.24) is 4.90 Å². The quantitative estimate of drug-likeness (QED) is 0.759. The van der Waals surface area contributed by atoms with Crippen molar-refractivity contribution < 1.29 is 9.90 Å². The van der Waals surface area contributed by atoms with Gasteiger partial charge in [0.2, 0.25) is 0 Å². The SMILES string of the molecule is Cc1cc(C(=O)N2CCCC2)ccc1NCCCCCO. The Balaban J connectivity index is 1.89. The van der Waals surface area contributed by atoms with Gasteiger partial charge in [0.05, 0.1) is 0 Å². The average molecular weight is 290 g/mol. The van der Waals surface area contributed by atoms with Crippen LogP contribution in [-0.4, -0.2) is 42.2 Å². The molecule has 1 amide bonds. The van der Waals surface area contributed by atoms with Gasteiger partial charge in [-0.25, -0.2) is 0 Å². The third-order valence-corrected chi connectivity index (χ3v) is 4.02. The second-order valence-corrected chi connectivity index (χ2v) is 5.74. The van der Waals surface area contributed by atoms with Crippen LogP contribution in [0.25, 0.3) is 0 Å². The lowest BCUT2D eigenvalue weighted by atomic mass is 10.1. The molecule has 0 aromatic heterocycles. The van der Waals surface area contributed by atoms with E-state index in [9.17, 15) is 4.79 Å². The number of nitrogens with one attached hydrogen (secondary N) is 1. The van der Waals surface area contributed by atoms with E-state index in [1.807, 2.05) is 30.0 Å². The summed E-state index contributed by atoms with van der Waals surface area (Å²) in [6.07, 6.45) is 5.20. The van der Waals surface area contributed by atoms with Crippen molar-refractivity contribution in [1.29, 1.82) is 0 Å². The summed E-state index contributed by atoms with van der Waals surface area (Å²) >= 11 is 0. The molecule has 0 radical (unpaired) electrons. The lowest BCUT2D eigenvalue weighted by molar-refractivity contribution is 0.0793. The highest BCUT2D eigenvalue weighted by molar-refractivity contribution is 5.95. The molecule has 21 heavy (non-hydrogen) atoms. The largest absolute Gasteiger partial charge is 0.396 e. The molecular formula is C17H26N2O2. The first-order valence-corrected chi connectivity index (χ1v) is 7.97. The van der Waals surface area contributed by atoms with E-state index in [1.54, 1.807) is 0 Å². The minimum absolute atomic E-state index is 0.157. The Kier molecular flexibility index (Phi) is 6.05.